The molecular formula is C9H7OS. The number of fused-ring (bicyclic) bond motifs is 1. The second kappa shape index (κ2) is 2.55. The molecule has 1 heterocycles. The minimum absolute atomic E-state index is 0.875. The van der Waals surface area contributed by atoms with Crippen molar-refractivity contribution in [2.24, 2.45) is 0 Å². The summed E-state index contributed by atoms with van der Waals surface area (Å²) >= 11 is 1.71. The Morgan fingerprint density at radius 3 is 3.27 bits per heavy atom. The quantitative estimate of drug-likeness (QED) is 0.628. The van der Waals surface area contributed by atoms with Crippen LogP contribution in [0.4, 0.5) is 0 Å². The Morgan fingerprint density at radius 2 is 2.45 bits per heavy atom. The number of hydrogen-bond acceptors (Lipinski definition) is 2. The molecule has 0 aliphatic carbocycles. The van der Waals surface area contributed by atoms with Gasteiger partial charge in [0.25, 0.3) is 0 Å². The standard InChI is InChI=1S/C9H7OS/c1-10-8-3-2-7-4-5-11-9(7)6-8/h3-6H,1H3. The lowest BCUT2D eigenvalue weighted by atomic mass is 10.2. The van der Waals surface area contributed by atoms with E-state index in [1.807, 2.05) is 12.1 Å². The SMILES string of the molecule is COc1c[c]c2ccsc2c1. The van der Waals surface area contributed by atoms with E-state index < -0.39 is 0 Å². The van der Waals surface area contributed by atoms with Gasteiger partial charge in [-0.3, -0.25) is 0 Å². The maximum absolute atomic E-state index is 5.07. The van der Waals surface area contributed by atoms with Gasteiger partial charge < -0.3 is 4.74 Å². The molecule has 0 unspecified atom stereocenters. The summed E-state index contributed by atoms with van der Waals surface area (Å²) in [6, 6.07) is 9.07. The number of methoxy groups -OCH3 is 1. The molecule has 0 aliphatic rings. The first-order valence-electron chi connectivity index (χ1n) is 3.33. The number of thiophene rings is 1. The van der Waals surface area contributed by atoms with E-state index in [2.05, 4.69) is 17.5 Å². The minimum atomic E-state index is 0.875. The molecule has 0 fully saturated rings. The van der Waals surface area contributed by atoms with E-state index in [0.29, 0.717) is 0 Å². The third-order valence-electron chi connectivity index (χ3n) is 1.57. The molecule has 1 radical (unpaired) electrons. The van der Waals surface area contributed by atoms with Gasteiger partial charge in [0.15, 0.2) is 0 Å². The third-order valence-corrected chi connectivity index (χ3v) is 2.44. The van der Waals surface area contributed by atoms with E-state index >= 15 is 0 Å². The molecule has 0 atom stereocenters. The molecule has 1 nitrogen and oxygen atoms in total. The van der Waals surface area contributed by atoms with Crippen LogP contribution in [0.5, 0.6) is 5.75 Å². The summed E-state index contributed by atoms with van der Waals surface area (Å²) in [4.78, 5) is 0. The molecular weight excluding hydrogens is 156 g/mol. The largest absolute Gasteiger partial charge is 0.497 e. The van der Waals surface area contributed by atoms with Crippen molar-refractivity contribution in [3.63, 3.8) is 0 Å². The molecule has 0 amide bonds. The van der Waals surface area contributed by atoms with E-state index in [1.165, 1.54) is 4.70 Å². The Kier molecular flexibility index (Phi) is 1.55. The van der Waals surface area contributed by atoms with Gasteiger partial charge in [0.2, 0.25) is 0 Å². The van der Waals surface area contributed by atoms with Gasteiger partial charge >= 0.3 is 0 Å². The summed E-state index contributed by atoms with van der Waals surface area (Å²) in [7, 11) is 1.67. The van der Waals surface area contributed by atoms with Gasteiger partial charge in [0, 0.05) is 10.1 Å². The summed E-state index contributed by atoms with van der Waals surface area (Å²) in [5.74, 6) is 0.875. The Balaban J connectivity index is 2.67. The molecule has 2 heteroatoms. The first-order chi connectivity index (χ1) is 5.40. The highest BCUT2D eigenvalue weighted by Gasteiger charge is 1.95. The predicted octanol–water partition coefficient (Wildman–Crippen LogP) is 2.71. The van der Waals surface area contributed by atoms with Crippen LogP contribution in [0.15, 0.2) is 23.6 Å². The van der Waals surface area contributed by atoms with E-state index in [9.17, 15) is 0 Å². The van der Waals surface area contributed by atoms with E-state index in [0.717, 1.165) is 11.1 Å². The molecule has 0 N–H and O–H groups in total. The van der Waals surface area contributed by atoms with Crippen molar-refractivity contribution in [2.45, 2.75) is 0 Å². The van der Waals surface area contributed by atoms with Crippen LogP contribution in [0.2, 0.25) is 0 Å². The molecule has 0 saturated carbocycles. The highest BCUT2D eigenvalue weighted by Crippen LogP contribution is 2.24. The molecule has 0 bridgehead atoms. The number of ether oxygens (including phenoxy) is 1. The van der Waals surface area contributed by atoms with Crippen LogP contribution in [0.3, 0.4) is 0 Å². The van der Waals surface area contributed by atoms with Gasteiger partial charge in [-0.05, 0) is 29.6 Å². The van der Waals surface area contributed by atoms with Crippen molar-refractivity contribution in [3.05, 3.63) is 29.6 Å². The van der Waals surface area contributed by atoms with Crippen molar-refractivity contribution >= 4 is 21.4 Å². The lowest BCUT2D eigenvalue weighted by Gasteiger charge is -1.96. The molecule has 0 saturated heterocycles. The van der Waals surface area contributed by atoms with Gasteiger partial charge in [-0.25, -0.2) is 0 Å². The lowest BCUT2D eigenvalue weighted by molar-refractivity contribution is 0.415. The van der Waals surface area contributed by atoms with Gasteiger partial charge in [-0.1, -0.05) is 0 Å². The molecule has 0 aliphatic heterocycles. The molecule has 11 heavy (non-hydrogen) atoms. The topological polar surface area (TPSA) is 9.23 Å². The molecule has 1 aromatic carbocycles. The van der Waals surface area contributed by atoms with Crippen molar-refractivity contribution in [3.8, 4) is 5.75 Å². The zero-order valence-electron chi connectivity index (χ0n) is 6.13. The number of rotatable bonds is 1. The van der Waals surface area contributed by atoms with Crippen molar-refractivity contribution in [1.29, 1.82) is 0 Å². The van der Waals surface area contributed by atoms with Crippen LogP contribution in [-0.2, 0) is 0 Å². The van der Waals surface area contributed by atoms with Crippen molar-refractivity contribution < 1.29 is 4.74 Å². The van der Waals surface area contributed by atoms with Crippen LogP contribution in [0.25, 0.3) is 10.1 Å². The second-order valence-electron chi connectivity index (χ2n) is 2.24. The summed E-state index contributed by atoms with van der Waals surface area (Å²) < 4.78 is 6.29. The van der Waals surface area contributed by atoms with E-state index in [-0.39, 0.29) is 0 Å². The zero-order chi connectivity index (χ0) is 7.68. The van der Waals surface area contributed by atoms with E-state index in [4.69, 9.17) is 4.74 Å². The Morgan fingerprint density at radius 1 is 1.55 bits per heavy atom. The smallest absolute Gasteiger partial charge is 0.120 e. The molecule has 2 rings (SSSR count). The maximum Gasteiger partial charge on any atom is 0.120 e. The van der Waals surface area contributed by atoms with Gasteiger partial charge in [-0.2, -0.15) is 0 Å². The average molecular weight is 163 g/mol. The molecule has 1 aromatic heterocycles. The Labute approximate surface area is 69.2 Å². The highest BCUT2D eigenvalue weighted by molar-refractivity contribution is 7.17. The number of benzene rings is 1. The Bertz CT molecular complexity index is 364. The summed E-state index contributed by atoms with van der Waals surface area (Å²) in [5.41, 5.74) is 0. The Hall–Kier alpha value is -1.02. The fourth-order valence-electron chi connectivity index (χ4n) is 0.990. The average Bonchev–Trinajstić information content (AvgIpc) is 2.50. The molecule has 2 aromatic rings. The normalized spacial score (nSPS) is 10.3. The predicted molar refractivity (Wildman–Crippen MR) is 47.2 cm³/mol. The van der Waals surface area contributed by atoms with Gasteiger partial charge in [-0.15, -0.1) is 11.3 Å². The summed E-state index contributed by atoms with van der Waals surface area (Å²) in [6.45, 7) is 0. The third kappa shape index (κ3) is 1.10. The fraction of sp³-hybridized carbons (Fsp3) is 0.111. The summed E-state index contributed by atoms with van der Waals surface area (Å²) in [5, 5.41) is 3.22. The monoisotopic (exact) mass is 163 g/mol. The first-order valence-corrected chi connectivity index (χ1v) is 4.21. The molecule has 0 spiro atoms. The lowest BCUT2D eigenvalue weighted by Crippen LogP contribution is -1.79. The number of hydrogen-bond donors (Lipinski definition) is 0. The zero-order valence-corrected chi connectivity index (χ0v) is 6.94. The van der Waals surface area contributed by atoms with Crippen LogP contribution in [0.1, 0.15) is 0 Å². The highest BCUT2D eigenvalue weighted by atomic mass is 32.1. The first kappa shape index (κ1) is 6.68. The van der Waals surface area contributed by atoms with Crippen molar-refractivity contribution in [2.75, 3.05) is 7.11 Å². The van der Waals surface area contributed by atoms with Crippen molar-refractivity contribution in [1.82, 2.24) is 0 Å². The second-order valence-corrected chi connectivity index (χ2v) is 3.19. The van der Waals surface area contributed by atoms with Gasteiger partial charge in [0.05, 0.1) is 7.11 Å². The fourth-order valence-corrected chi connectivity index (χ4v) is 1.78. The minimum Gasteiger partial charge on any atom is -0.497 e. The maximum atomic E-state index is 5.07. The van der Waals surface area contributed by atoms with Crippen LogP contribution < -0.4 is 4.74 Å². The molecule has 55 valence electrons. The van der Waals surface area contributed by atoms with Crippen LogP contribution >= 0.6 is 11.3 Å². The van der Waals surface area contributed by atoms with Crippen LogP contribution in [-0.4, -0.2) is 7.11 Å². The summed E-state index contributed by atoms with van der Waals surface area (Å²) in [6.07, 6.45) is 0. The van der Waals surface area contributed by atoms with E-state index in [1.54, 1.807) is 18.4 Å². The van der Waals surface area contributed by atoms with Crippen LogP contribution in [0, 0.1) is 6.07 Å². The van der Waals surface area contributed by atoms with Gasteiger partial charge in [0.1, 0.15) is 5.75 Å².